The average molecular weight is 1510 g/mol. The lowest BCUT2D eigenvalue weighted by Gasteiger charge is -2.22. The summed E-state index contributed by atoms with van der Waals surface area (Å²) in [5.74, 6) is -1.16. The van der Waals surface area contributed by atoms with Gasteiger partial charge in [0.05, 0.1) is 0 Å². The van der Waals surface area contributed by atoms with Crippen molar-refractivity contribution in [2.75, 3.05) is 167 Å². The molecule has 8 N–H and O–H groups in total. The van der Waals surface area contributed by atoms with Gasteiger partial charge in [0, 0.05) is 218 Å². The van der Waals surface area contributed by atoms with Crippen molar-refractivity contribution in [3.05, 3.63) is 216 Å². The Hall–Kier alpha value is -11.1. The Morgan fingerprint density at radius 3 is 0.935 bits per heavy atom. The van der Waals surface area contributed by atoms with E-state index in [2.05, 4.69) is 29.4 Å². The first-order valence-corrected chi connectivity index (χ1v) is 34.7. The molecule has 0 aliphatic rings. The van der Waals surface area contributed by atoms with Gasteiger partial charge in [0.2, 0.25) is 23.3 Å². The number of aryl methyl sites for hydroxylation is 4. The van der Waals surface area contributed by atoms with E-state index in [4.69, 9.17) is 18.9 Å². The number of rotatable bonds is 37. The minimum absolute atomic E-state index is 0.110. The van der Waals surface area contributed by atoms with Gasteiger partial charge in [-0.15, -0.1) is 9.46 Å². The monoisotopic (exact) mass is 1510 g/mol. The first kappa shape index (κ1) is 87.6. The molecule has 0 saturated heterocycles. The van der Waals surface area contributed by atoms with Crippen molar-refractivity contribution < 1.29 is 60.0 Å². The standard InChI is InChI=1S/C20H30N4O4.C18H26N4O6.C18H26N4O4.C17H23N3O6/c1-21(9-5-15-7-11-23(3)19(27)17(15)25)13-14-22(2)10-6-16-8-12-24(4)20(28)18(16)26;1-19(11-13-27-17-7-3-5-15(23)21(17)25)9-10-20(2)12-14-28-18-8-4-6-16(24)22(18)26;1-19(11-13-21-7-3-5-15(23)17(21)25)9-10-20(2)12-14-22-8-4-6-16(24)18(22)26;1-18(8-10-25-12-4-6-19(2)16(23)14(12)21)9-11-26-13-5-7-20(3)17(24)15(13)22/h7-8,11-12,25-26H,5-6,9-10,13-14H2,1-4H3;3-8,25-26H,9-14H2,1-2H3;3-8,23-24H,9-14H2,1-2H3;4-7,21-22H,8-11H2,1-3H3. The third-order valence-electron chi connectivity index (χ3n) is 17.3. The predicted molar refractivity (Wildman–Crippen MR) is 406 cm³/mol. The molecule has 0 aliphatic heterocycles. The molecule has 0 aliphatic carbocycles. The normalized spacial score (nSPS) is 11.2. The van der Waals surface area contributed by atoms with Gasteiger partial charge in [0.25, 0.3) is 44.5 Å². The van der Waals surface area contributed by atoms with Crippen LogP contribution in [0.15, 0.2) is 160 Å². The number of nitrogens with zero attached hydrogens (tertiary/aromatic N) is 15. The average Bonchev–Trinajstić information content (AvgIpc) is 0.852. The van der Waals surface area contributed by atoms with Gasteiger partial charge in [-0.1, -0.05) is 12.1 Å². The smallest absolute Gasteiger partial charge is 0.296 e. The molecule has 0 amide bonds. The number of pyridine rings is 8. The lowest BCUT2D eigenvalue weighted by molar-refractivity contribution is 0.117. The van der Waals surface area contributed by atoms with E-state index in [9.17, 15) is 79.4 Å². The summed E-state index contributed by atoms with van der Waals surface area (Å²) in [5.41, 5.74) is -2.31. The third kappa shape index (κ3) is 28.3. The molecule has 8 rings (SSSR count). The second-order valence-electron chi connectivity index (χ2n) is 25.9. The highest BCUT2D eigenvalue weighted by Crippen LogP contribution is 2.22. The van der Waals surface area contributed by atoms with E-state index >= 15 is 0 Å². The molecule has 0 aromatic carbocycles. The summed E-state index contributed by atoms with van der Waals surface area (Å²) in [7, 11) is 20.0. The second-order valence-corrected chi connectivity index (χ2v) is 25.9. The summed E-state index contributed by atoms with van der Waals surface area (Å²) in [6.45, 7) is 12.1. The summed E-state index contributed by atoms with van der Waals surface area (Å²) in [4.78, 5) is 107. The molecule has 0 unspecified atom stereocenters. The Kier molecular flexibility index (Phi) is 35.8. The van der Waals surface area contributed by atoms with Crippen LogP contribution in [0.5, 0.6) is 57.8 Å². The van der Waals surface area contributed by atoms with E-state index in [1.807, 2.05) is 54.2 Å². The maximum absolute atomic E-state index is 11.8. The van der Waals surface area contributed by atoms with Crippen LogP contribution in [0.2, 0.25) is 0 Å². The Morgan fingerprint density at radius 1 is 0.306 bits per heavy atom. The zero-order chi connectivity index (χ0) is 79.7. The summed E-state index contributed by atoms with van der Waals surface area (Å²) in [6, 6.07) is 21.2. The van der Waals surface area contributed by atoms with Crippen LogP contribution in [0.4, 0.5) is 0 Å². The zero-order valence-electron chi connectivity index (χ0n) is 63.3. The SMILES string of the molecule is CN(CCN(C)CCn1cccc(O)c1=O)CCn1cccc(O)c1=O.CN(CCOc1cccc(=O)n1O)CCN(C)CCOc1cccc(=O)n1O.CN(CCOc1ccn(C)c(=O)c1O)CCOc1ccn(C)c(=O)c1O.CN(CCc1ccn(C)c(=O)c1O)CCN(C)CCc1ccn(C)c(=O)c1O. The molecule has 0 saturated carbocycles. The minimum atomic E-state index is -0.539. The van der Waals surface area contributed by atoms with E-state index in [1.165, 1.54) is 100 Å². The van der Waals surface area contributed by atoms with Gasteiger partial charge < -0.3 is 117 Å². The van der Waals surface area contributed by atoms with Crippen molar-refractivity contribution in [2.24, 2.45) is 28.2 Å². The second kappa shape index (κ2) is 44.1. The topological polar surface area (TPSA) is 397 Å². The molecule has 0 fully saturated rings. The third-order valence-corrected chi connectivity index (χ3v) is 17.3. The first-order chi connectivity index (χ1) is 51.3. The lowest BCUT2D eigenvalue weighted by atomic mass is 10.1. The number of hydrogen-bond acceptors (Lipinski definition) is 27. The van der Waals surface area contributed by atoms with Crippen LogP contribution in [-0.4, -0.2) is 280 Å². The molecule has 0 atom stereocenters. The van der Waals surface area contributed by atoms with Crippen LogP contribution < -0.4 is 63.4 Å². The molecule has 0 radical (unpaired) electrons. The predicted octanol–water partition coefficient (Wildman–Crippen LogP) is -0.180. The Bertz CT molecular complexity index is 4360. The molecule has 108 heavy (non-hydrogen) atoms. The highest BCUT2D eigenvalue weighted by atomic mass is 16.6. The number of hydrogen-bond donors (Lipinski definition) is 8. The molecule has 0 spiro atoms. The minimum Gasteiger partial charge on any atom is -0.503 e. The number of aromatic hydroxyl groups is 6. The number of likely N-dealkylation sites (N-methyl/N-ethyl adjacent to an activating group) is 7. The van der Waals surface area contributed by atoms with Crippen LogP contribution in [0, 0.1) is 0 Å². The van der Waals surface area contributed by atoms with Gasteiger partial charge in [-0.2, -0.15) is 0 Å². The van der Waals surface area contributed by atoms with Crippen molar-refractivity contribution in [1.82, 2.24) is 71.2 Å². The quantitative estimate of drug-likeness (QED) is 0.0234. The van der Waals surface area contributed by atoms with Gasteiger partial charge in [-0.3, -0.25) is 43.3 Å². The molecule has 35 heteroatoms. The van der Waals surface area contributed by atoms with Gasteiger partial charge >= 0.3 is 0 Å². The van der Waals surface area contributed by atoms with Gasteiger partial charge in [0.1, 0.15) is 26.4 Å². The van der Waals surface area contributed by atoms with E-state index in [0.717, 1.165) is 52.4 Å². The van der Waals surface area contributed by atoms with Crippen molar-refractivity contribution in [1.29, 1.82) is 0 Å². The highest BCUT2D eigenvalue weighted by Gasteiger charge is 2.16. The summed E-state index contributed by atoms with van der Waals surface area (Å²) < 4.78 is 30.9. The lowest BCUT2D eigenvalue weighted by Crippen LogP contribution is -2.36. The fourth-order valence-electron chi connectivity index (χ4n) is 9.90. The van der Waals surface area contributed by atoms with Crippen molar-refractivity contribution in [3.8, 4) is 57.8 Å². The molecule has 0 bridgehead atoms. The largest absolute Gasteiger partial charge is 0.503 e. The van der Waals surface area contributed by atoms with E-state index < -0.39 is 33.7 Å². The maximum Gasteiger partial charge on any atom is 0.296 e. The molecule has 8 heterocycles. The fourth-order valence-corrected chi connectivity index (χ4v) is 9.90. The Morgan fingerprint density at radius 2 is 0.593 bits per heavy atom. The number of ether oxygens (including phenoxy) is 4. The van der Waals surface area contributed by atoms with E-state index in [-0.39, 0.29) is 81.7 Å². The molecule has 8 aromatic rings. The van der Waals surface area contributed by atoms with Gasteiger partial charge in [-0.05, 0) is 98.6 Å². The van der Waals surface area contributed by atoms with Crippen LogP contribution in [0.1, 0.15) is 11.1 Å². The van der Waals surface area contributed by atoms with E-state index in [1.54, 1.807) is 77.2 Å². The maximum atomic E-state index is 11.8. The molecule has 592 valence electrons. The van der Waals surface area contributed by atoms with E-state index in [0.29, 0.717) is 99.0 Å². The summed E-state index contributed by atoms with van der Waals surface area (Å²) in [6.07, 6.45) is 10.9. The first-order valence-electron chi connectivity index (χ1n) is 34.7. The van der Waals surface area contributed by atoms with Gasteiger partial charge in [-0.25, -0.2) is 0 Å². The Balaban J connectivity index is 0.000000258. The molecule has 35 nitrogen and oxygen atoms in total. The molecule has 8 aromatic heterocycles. The molecular formula is C73H105N15O20. The van der Waals surface area contributed by atoms with Crippen molar-refractivity contribution >= 4 is 0 Å². The van der Waals surface area contributed by atoms with Gasteiger partial charge in [0.15, 0.2) is 34.5 Å². The molecular weight excluding hydrogens is 1410 g/mol. The van der Waals surface area contributed by atoms with Crippen LogP contribution >= 0.6 is 0 Å². The summed E-state index contributed by atoms with van der Waals surface area (Å²) in [5, 5.41) is 77.3. The van der Waals surface area contributed by atoms with Crippen molar-refractivity contribution in [2.45, 2.75) is 25.9 Å². The fraction of sp³-hybridized carbons (Fsp3) is 0.452. The Labute approximate surface area is 624 Å². The van der Waals surface area contributed by atoms with Crippen LogP contribution in [-0.2, 0) is 54.1 Å². The number of aromatic nitrogens is 8. The van der Waals surface area contributed by atoms with Crippen LogP contribution in [0.3, 0.4) is 0 Å². The van der Waals surface area contributed by atoms with Crippen molar-refractivity contribution in [3.63, 3.8) is 0 Å². The van der Waals surface area contributed by atoms with Crippen LogP contribution in [0.25, 0.3) is 0 Å². The zero-order valence-corrected chi connectivity index (χ0v) is 63.3. The summed E-state index contributed by atoms with van der Waals surface area (Å²) >= 11 is 0. The highest BCUT2D eigenvalue weighted by molar-refractivity contribution is 5.36.